The molecule has 3 amide bonds. The van der Waals surface area contributed by atoms with Crippen molar-refractivity contribution >= 4 is 29.6 Å². The van der Waals surface area contributed by atoms with E-state index in [-0.39, 0.29) is 17.7 Å². The lowest BCUT2D eigenvalue weighted by Crippen LogP contribution is -2.38. The smallest absolute Gasteiger partial charge is 0.324 e. The van der Waals surface area contributed by atoms with Crippen molar-refractivity contribution in [2.75, 3.05) is 50.0 Å². The number of amides is 3. The summed E-state index contributed by atoms with van der Waals surface area (Å²) in [6.07, 6.45) is 0. The monoisotopic (exact) mass is 402 g/mol. The molecular formula is C18H22N6O3S. The van der Waals surface area contributed by atoms with Gasteiger partial charge in [0.05, 0.1) is 24.7 Å². The summed E-state index contributed by atoms with van der Waals surface area (Å²) < 4.78 is 7.44. The number of aromatic nitrogens is 3. The Hall–Kier alpha value is -2.59. The van der Waals surface area contributed by atoms with Crippen LogP contribution in [0.4, 0.5) is 10.7 Å². The molecule has 1 N–H and O–H groups in total. The molecule has 0 bridgehead atoms. The highest BCUT2D eigenvalue weighted by Gasteiger charge is 2.28. The van der Waals surface area contributed by atoms with Crippen molar-refractivity contribution in [2.24, 2.45) is 0 Å². The third kappa shape index (κ3) is 3.69. The number of para-hydroxylation sites is 1. The second-order valence-corrected chi connectivity index (χ2v) is 7.51. The molecule has 4 rings (SSSR count). The van der Waals surface area contributed by atoms with Crippen molar-refractivity contribution < 1.29 is 14.3 Å². The molecule has 2 aliphatic heterocycles. The van der Waals surface area contributed by atoms with Crippen molar-refractivity contribution in [1.29, 1.82) is 0 Å². The summed E-state index contributed by atoms with van der Waals surface area (Å²) in [5, 5.41) is 12.0. The zero-order valence-electron chi connectivity index (χ0n) is 15.6. The maximum Gasteiger partial charge on any atom is 0.324 e. The molecule has 1 aromatic carbocycles. The van der Waals surface area contributed by atoms with E-state index in [2.05, 4.69) is 20.4 Å². The molecule has 9 nitrogen and oxygen atoms in total. The quantitative estimate of drug-likeness (QED) is 0.748. The number of morpholine rings is 1. The maximum atomic E-state index is 12.4. The highest BCUT2D eigenvalue weighted by atomic mass is 32.2. The first kappa shape index (κ1) is 18.8. The van der Waals surface area contributed by atoms with Crippen molar-refractivity contribution in [1.82, 2.24) is 25.0 Å². The maximum absolute atomic E-state index is 12.4. The van der Waals surface area contributed by atoms with E-state index in [1.807, 2.05) is 35.8 Å². The molecule has 0 saturated carbocycles. The molecule has 2 saturated heterocycles. The minimum Gasteiger partial charge on any atom is -0.378 e. The minimum absolute atomic E-state index is 0.126. The fraction of sp³-hybridized carbons (Fsp3) is 0.444. The summed E-state index contributed by atoms with van der Waals surface area (Å²) in [5.74, 6) is 0.638. The van der Waals surface area contributed by atoms with E-state index in [4.69, 9.17) is 4.74 Å². The number of hydrogen-bond donors (Lipinski definition) is 1. The lowest BCUT2D eigenvalue weighted by atomic mass is 10.2. The fourth-order valence-electron chi connectivity index (χ4n) is 3.26. The van der Waals surface area contributed by atoms with E-state index in [9.17, 15) is 9.59 Å². The largest absolute Gasteiger partial charge is 0.378 e. The first-order chi connectivity index (χ1) is 13.6. The number of carbonyl (C=O) groups is 2. The zero-order chi connectivity index (χ0) is 19.5. The molecule has 1 aromatic heterocycles. The van der Waals surface area contributed by atoms with Crippen LogP contribution in [0.3, 0.4) is 0 Å². The normalized spacial score (nSPS) is 17.1. The molecule has 0 radical (unpaired) electrons. The number of rotatable bonds is 5. The van der Waals surface area contributed by atoms with Crippen molar-refractivity contribution in [3.8, 4) is 5.69 Å². The molecule has 28 heavy (non-hydrogen) atoms. The van der Waals surface area contributed by atoms with Gasteiger partial charge in [-0.15, -0.1) is 10.2 Å². The van der Waals surface area contributed by atoms with Gasteiger partial charge in [0.25, 0.3) is 0 Å². The Kier molecular flexibility index (Phi) is 5.49. The van der Waals surface area contributed by atoms with E-state index in [1.165, 1.54) is 16.7 Å². The summed E-state index contributed by atoms with van der Waals surface area (Å²) >= 11 is 1.29. The van der Waals surface area contributed by atoms with Crippen LogP contribution in [0, 0.1) is 6.92 Å². The van der Waals surface area contributed by atoms with Gasteiger partial charge in [0.15, 0.2) is 5.16 Å². The Morgan fingerprint density at radius 3 is 2.71 bits per heavy atom. The first-order valence-corrected chi connectivity index (χ1v) is 10.2. The van der Waals surface area contributed by atoms with Crippen LogP contribution in [0.15, 0.2) is 29.4 Å². The lowest BCUT2D eigenvalue weighted by Gasteiger charge is -2.28. The molecule has 3 heterocycles. The van der Waals surface area contributed by atoms with Crippen LogP contribution >= 0.6 is 11.8 Å². The number of urea groups is 1. The Morgan fingerprint density at radius 1 is 1.21 bits per heavy atom. The van der Waals surface area contributed by atoms with Gasteiger partial charge >= 0.3 is 6.03 Å². The number of carbonyl (C=O) groups excluding carboxylic acids is 2. The first-order valence-electron chi connectivity index (χ1n) is 9.20. The third-order valence-corrected chi connectivity index (χ3v) is 5.66. The molecule has 0 unspecified atom stereocenters. The molecule has 148 valence electrons. The van der Waals surface area contributed by atoms with Gasteiger partial charge in [-0.05, 0) is 18.6 Å². The Bertz CT molecular complexity index is 880. The van der Waals surface area contributed by atoms with Crippen molar-refractivity contribution in [2.45, 2.75) is 12.1 Å². The van der Waals surface area contributed by atoms with Crippen LogP contribution in [0.5, 0.6) is 0 Å². The summed E-state index contributed by atoms with van der Waals surface area (Å²) in [4.78, 5) is 27.5. The van der Waals surface area contributed by atoms with Crippen molar-refractivity contribution in [3.63, 3.8) is 0 Å². The van der Waals surface area contributed by atoms with E-state index in [0.29, 0.717) is 31.5 Å². The molecule has 10 heteroatoms. The van der Waals surface area contributed by atoms with Crippen LogP contribution in [0.2, 0.25) is 0 Å². The number of thioether (sulfide) groups is 1. The number of imide groups is 1. The van der Waals surface area contributed by atoms with E-state index >= 15 is 0 Å². The number of hydrogen-bond acceptors (Lipinski definition) is 7. The van der Waals surface area contributed by atoms with Gasteiger partial charge in [-0.2, -0.15) is 0 Å². The molecule has 2 aliphatic rings. The molecule has 0 aliphatic carbocycles. The van der Waals surface area contributed by atoms with Gasteiger partial charge in [-0.25, -0.2) is 4.79 Å². The summed E-state index contributed by atoms with van der Waals surface area (Å²) in [6.45, 7) is 5.70. The van der Waals surface area contributed by atoms with E-state index in [1.54, 1.807) is 0 Å². The Balaban J connectivity index is 1.61. The molecule has 0 atom stereocenters. The van der Waals surface area contributed by atoms with Crippen LogP contribution in [0.25, 0.3) is 5.69 Å². The summed E-state index contributed by atoms with van der Waals surface area (Å²) in [5.41, 5.74) is 2.06. The van der Waals surface area contributed by atoms with E-state index in [0.717, 1.165) is 30.3 Å². The number of anilines is 1. The standard InChI is InChI=1S/C18H22N6O3S/c1-13-4-2-3-5-14(13)24-16(22-8-10-27-11-9-22)20-21-18(24)28-12-15(25)23-7-6-19-17(23)26/h2-5H,6-12H2,1H3,(H,19,26). The van der Waals surface area contributed by atoms with Crippen LogP contribution in [-0.4, -0.2) is 76.7 Å². The lowest BCUT2D eigenvalue weighted by molar-refractivity contribution is -0.124. The van der Waals surface area contributed by atoms with Gasteiger partial charge in [-0.3, -0.25) is 14.3 Å². The minimum atomic E-state index is -0.333. The molecule has 0 spiro atoms. The predicted molar refractivity (Wildman–Crippen MR) is 105 cm³/mol. The van der Waals surface area contributed by atoms with Crippen LogP contribution in [0.1, 0.15) is 5.56 Å². The topological polar surface area (TPSA) is 92.6 Å². The SMILES string of the molecule is Cc1ccccc1-n1c(SCC(=O)N2CCNC2=O)nnc1N1CCOCC1. The van der Waals surface area contributed by atoms with Gasteiger partial charge in [0.1, 0.15) is 0 Å². The third-order valence-electron chi connectivity index (χ3n) is 4.75. The van der Waals surface area contributed by atoms with Crippen LogP contribution < -0.4 is 10.2 Å². The zero-order valence-corrected chi connectivity index (χ0v) is 16.4. The second-order valence-electron chi connectivity index (χ2n) is 6.57. The van der Waals surface area contributed by atoms with Gasteiger partial charge in [0.2, 0.25) is 11.9 Å². The van der Waals surface area contributed by atoms with Gasteiger partial charge in [-0.1, -0.05) is 30.0 Å². The number of ether oxygens (including phenoxy) is 1. The number of benzene rings is 1. The number of aryl methyl sites for hydroxylation is 1. The number of nitrogens with zero attached hydrogens (tertiary/aromatic N) is 5. The average Bonchev–Trinajstić information content (AvgIpc) is 3.33. The van der Waals surface area contributed by atoms with Gasteiger partial charge < -0.3 is 15.0 Å². The Morgan fingerprint density at radius 2 is 2.00 bits per heavy atom. The molecule has 2 aromatic rings. The fourth-order valence-corrected chi connectivity index (χ4v) is 4.08. The summed E-state index contributed by atoms with van der Waals surface area (Å²) in [7, 11) is 0. The van der Waals surface area contributed by atoms with Crippen molar-refractivity contribution in [3.05, 3.63) is 29.8 Å². The van der Waals surface area contributed by atoms with Gasteiger partial charge in [0, 0.05) is 26.2 Å². The molecule has 2 fully saturated rings. The highest BCUT2D eigenvalue weighted by molar-refractivity contribution is 7.99. The Labute approximate surface area is 167 Å². The number of nitrogens with one attached hydrogen (secondary N) is 1. The van der Waals surface area contributed by atoms with E-state index < -0.39 is 0 Å². The van der Waals surface area contributed by atoms with Crippen LogP contribution in [-0.2, 0) is 9.53 Å². The highest BCUT2D eigenvalue weighted by Crippen LogP contribution is 2.29. The second kappa shape index (κ2) is 8.19. The molecular weight excluding hydrogens is 380 g/mol. The summed E-state index contributed by atoms with van der Waals surface area (Å²) in [6, 6.07) is 7.68. The average molecular weight is 402 g/mol. The predicted octanol–water partition coefficient (Wildman–Crippen LogP) is 1.06.